The maximum atomic E-state index is 13.0. The van der Waals surface area contributed by atoms with Crippen LogP contribution in [-0.2, 0) is 11.2 Å². The quantitative estimate of drug-likeness (QED) is 0.458. The molecule has 0 radical (unpaired) electrons. The van der Waals surface area contributed by atoms with E-state index >= 15 is 0 Å². The number of urea groups is 1. The molecule has 8 heteroatoms. The van der Waals surface area contributed by atoms with Crippen LogP contribution in [-0.4, -0.2) is 48.4 Å². The third kappa shape index (κ3) is 4.82. The number of nitrogens with one attached hydrogen (secondary N) is 1. The van der Waals surface area contributed by atoms with Crippen molar-refractivity contribution in [2.75, 3.05) is 27.4 Å². The van der Waals surface area contributed by atoms with Gasteiger partial charge in [-0.25, -0.2) is 4.79 Å². The van der Waals surface area contributed by atoms with E-state index < -0.39 is 6.04 Å². The first-order valence-electron chi connectivity index (χ1n) is 11.4. The summed E-state index contributed by atoms with van der Waals surface area (Å²) in [4.78, 5) is 19.4. The summed E-state index contributed by atoms with van der Waals surface area (Å²) in [5.41, 5.74) is 4.56. The number of methoxy groups -OCH3 is 2. The smallest absolute Gasteiger partial charge is 0.322 e. The Labute approximate surface area is 199 Å². The number of hydrogen-bond acceptors (Lipinski definition) is 6. The highest BCUT2D eigenvalue weighted by molar-refractivity contribution is 5.86. The molecule has 8 nitrogen and oxygen atoms in total. The zero-order valence-corrected chi connectivity index (χ0v) is 20.0. The van der Waals surface area contributed by atoms with Gasteiger partial charge in [-0.3, -0.25) is 4.90 Å². The third-order valence-electron chi connectivity index (χ3n) is 6.05. The van der Waals surface area contributed by atoms with Gasteiger partial charge in [-0.1, -0.05) is 48.5 Å². The number of benzene rings is 2. The summed E-state index contributed by atoms with van der Waals surface area (Å²) in [6.45, 7) is 5.11. The number of carbonyl (C=O) groups is 1. The van der Waals surface area contributed by atoms with Crippen molar-refractivity contribution in [3.63, 3.8) is 0 Å². The fraction of sp³-hybridized carbons (Fsp3) is 0.346. The van der Waals surface area contributed by atoms with Gasteiger partial charge in [0.05, 0.1) is 18.7 Å². The Morgan fingerprint density at radius 1 is 1.09 bits per heavy atom. The number of aromatic nitrogens is 2. The normalized spacial score (nSPS) is 16.1. The molecule has 0 spiro atoms. The van der Waals surface area contributed by atoms with Crippen molar-refractivity contribution in [1.29, 1.82) is 0 Å². The molecular formula is C26H30N4O4. The highest BCUT2D eigenvalue weighted by Crippen LogP contribution is 2.37. The highest BCUT2D eigenvalue weighted by Gasteiger charge is 2.35. The van der Waals surface area contributed by atoms with Crippen LogP contribution in [0.5, 0.6) is 5.75 Å². The van der Waals surface area contributed by atoms with Gasteiger partial charge in [0.15, 0.2) is 0 Å². The molecule has 1 unspecified atom stereocenters. The number of hydrogen-bond donors (Lipinski definition) is 1. The van der Waals surface area contributed by atoms with Crippen molar-refractivity contribution in [2.45, 2.75) is 32.7 Å². The average Bonchev–Trinajstić information content (AvgIpc) is 3.35. The van der Waals surface area contributed by atoms with Gasteiger partial charge in [-0.2, -0.15) is 4.98 Å². The Morgan fingerprint density at radius 2 is 1.82 bits per heavy atom. The summed E-state index contributed by atoms with van der Waals surface area (Å²) < 4.78 is 16.2. The maximum Gasteiger partial charge on any atom is 0.322 e. The summed E-state index contributed by atoms with van der Waals surface area (Å²) in [5.74, 6) is 1.63. The van der Waals surface area contributed by atoms with Crippen molar-refractivity contribution in [3.8, 4) is 17.1 Å². The van der Waals surface area contributed by atoms with Crippen molar-refractivity contribution in [3.05, 3.63) is 71.2 Å². The molecule has 0 saturated heterocycles. The molecule has 1 atom stereocenters. The summed E-state index contributed by atoms with van der Waals surface area (Å²) in [5, 5.41) is 7.35. The molecular weight excluding hydrogens is 432 g/mol. The predicted molar refractivity (Wildman–Crippen MR) is 129 cm³/mol. The summed E-state index contributed by atoms with van der Waals surface area (Å²) in [7, 11) is 3.27. The molecule has 0 bridgehead atoms. The van der Waals surface area contributed by atoms with Gasteiger partial charge in [0.1, 0.15) is 5.75 Å². The molecule has 3 aromatic rings. The lowest BCUT2D eigenvalue weighted by Crippen LogP contribution is -2.46. The lowest BCUT2D eigenvalue weighted by molar-refractivity contribution is 0.174. The summed E-state index contributed by atoms with van der Waals surface area (Å²) in [6, 6.07) is 15.1. The first-order valence-corrected chi connectivity index (χ1v) is 11.4. The number of nitrogens with zero attached hydrogens (tertiary/aromatic N) is 3. The molecule has 1 aliphatic rings. The van der Waals surface area contributed by atoms with E-state index in [1.165, 1.54) is 5.56 Å². The zero-order chi connectivity index (χ0) is 24.1. The van der Waals surface area contributed by atoms with Crippen LogP contribution in [0.25, 0.3) is 17.0 Å². The molecule has 2 heterocycles. The van der Waals surface area contributed by atoms with Gasteiger partial charge < -0.3 is 19.3 Å². The van der Waals surface area contributed by atoms with Crippen LogP contribution in [0.1, 0.15) is 43.3 Å². The molecule has 0 fully saturated rings. The number of aryl methyl sites for hydroxylation is 1. The lowest BCUT2D eigenvalue weighted by atomic mass is 9.94. The Kier molecular flexibility index (Phi) is 7.27. The molecule has 0 saturated carbocycles. The molecule has 2 amide bonds. The molecule has 178 valence electrons. The van der Waals surface area contributed by atoms with E-state index in [-0.39, 0.29) is 6.03 Å². The first kappa shape index (κ1) is 23.5. The van der Waals surface area contributed by atoms with E-state index in [1.807, 2.05) is 43.3 Å². The van der Waals surface area contributed by atoms with E-state index in [9.17, 15) is 4.79 Å². The van der Waals surface area contributed by atoms with E-state index in [4.69, 9.17) is 19.0 Å². The molecule has 34 heavy (non-hydrogen) atoms. The van der Waals surface area contributed by atoms with Crippen LogP contribution in [0, 0.1) is 0 Å². The summed E-state index contributed by atoms with van der Waals surface area (Å²) >= 11 is 0. The number of rotatable bonds is 9. The van der Waals surface area contributed by atoms with Crippen LogP contribution < -0.4 is 10.1 Å². The van der Waals surface area contributed by atoms with Crippen LogP contribution in [0.15, 0.2) is 58.8 Å². The van der Waals surface area contributed by atoms with Crippen molar-refractivity contribution < 1.29 is 18.8 Å². The van der Waals surface area contributed by atoms with Crippen LogP contribution in [0.3, 0.4) is 0 Å². The van der Waals surface area contributed by atoms with Gasteiger partial charge in [0.2, 0.25) is 5.82 Å². The van der Waals surface area contributed by atoms with Gasteiger partial charge >= 0.3 is 6.03 Å². The van der Waals surface area contributed by atoms with Crippen molar-refractivity contribution in [1.82, 2.24) is 20.4 Å². The predicted octanol–water partition coefficient (Wildman–Crippen LogP) is 4.84. The topological polar surface area (TPSA) is 89.7 Å². The minimum absolute atomic E-state index is 0.173. The van der Waals surface area contributed by atoms with Gasteiger partial charge in [0, 0.05) is 31.5 Å². The number of allylic oxidation sites excluding steroid dienone is 1. The fourth-order valence-electron chi connectivity index (χ4n) is 4.08. The summed E-state index contributed by atoms with van der Waals surface area (Å²) in [6.07, 6.45) is 1.67. The first-order chi connectivity index (χ1) is 16.5. The Bertz CT molecular complexity index is 1150. The standard InChI is InChI=1S/C26H30N4O4/c1-5-18-7-9-20(10-8-18)24-28-25(34-29-24)22-17(2)30(15-6-16-32-3)26(31)27-23(22)19-11-13-21(33-4)14-12-19/h7-14,23H,5-6,15-16H2,1-4H3,(H,27,31). The monoisotopic (exact) mass is 462 g/mol. The van der Waals surface area contributed by atoms with Crippen LogP contribution in [0.4, 0.5) is 4.79 Å². The second kappa shape index (κ2) is 10.5. The Morgan fingerprint density at radius 3 is 2.47 bits per heavy atom. The molecule has 1 aromatic heterocycles. The second-order valence-corrected chi connectivity index (χ2v) is 8.13. The van der Waals surface area contributed by atoms with Gasteiger partial charge in [-0.05, 0) is 43.0 Å². The molecule has 2 aromatic carbocycles. The SMILES string of the molecule is CCc1ccc(-c2noc(C3=C(C)N(CCCOC)C(=O)NC3c3ccc(OC)cc3)n2)cc1. The van der Waals surface area contributed by atoms with Crippen LogP contribution >= 0.6 is 0 Å². The average molecular weight is 463 g/mol. The number of amides is 2. The third-order valence-corrected chi connectivity index (χ3v) is 6.05. The second-order valence-electron chi connectivity index (χ2n) is 8.13. The molecule has 1 N–H and O–H groups in total. The largest absolute Gasteiger partial charge is 0.497 e. The maximum absolute atomic E-state index is 13.0. The van der Waals surface area contributed by atoms with Gasteiger partial charge in [-0.15, -0.1) is 0 Å². The number of ether oxygens (including phenoxy) is 2. The fourth-order valence-corrected chi connectivity index (χ4v) is 4.08. The highest BCUT2D eigenvalue weighted by atomic mass is 16.5. The van der Waals surface area contributed by atoms with E-state index in [0.29, 0.717) is 31.3 Å². The lowest BCUT2D eigenvalue weighted by Gasteiger charge is -2.35. The van der Waals surface area contributed by atoms with Crippen molar-refractivity contribution in [2.24, 2.45) is 0 Å². The number of carbonyl (C=O) groups excluding carboxylic acids is 1. The Balaban J connectivity index is 1.74. The Hall–Kier alpha value is -3.65. The molecule has 1 aliphatic heterocycles. The van der Waals surface area contributed by atoms with E-state index in [2.05, 4.69) is 29.5 Å². The van der Waals surface area contributed by atoms with Gasteiger partial charge in [0.25, 0.3) is 5.89 Å². The molecule has 0 aliphatic carbocycles. The van der Waals surface area contributed by atoms with Crippen LogP contribution in [0.2, 0.25) is 0 Å². The zero-order valence-electron chi connectivity index (χ0n) is 20.0. The van der Waals surface area contributed by atoms with E-state index in [1.54, 1.807) is 19.1 Å². The minimum Gasteiger partial charge on any atom is -0.497 e. The molecule has 4 rings (SSSR count). The van der Waals surface area contributed by atoms with Crippen molar-refractivity contribution >= 4 is 11.6 Å². The van der Waals surface area contributed by atoms with E-state index in [0.717, 1.165) is 34.6 Å². The minimum atomic E-state index is -0.437.